The lowest BCUT2D eigenvalue weighted by atomic mass is 10.1. The van der Waals surface area contributed by atoms with Crippen LogP contribution in [0.2, 0.25) is 0 Å². The summed E-state index contributed by atoms with van der Waals surface area (Å²) in [5.41, 5.74) is 4.68. The normalized spacial score (nSPS) is 11.0. The molecule has 0 aliphatic heterocycles. The molecule has 7 heteroatoms. The number of carbonyl (C=O) groups is 2. The molecule has 2 heterocycles. The molecule has 0 aliphatic carbocycles. The largest absolute Gasteiger partial charge is 0.459 e. The summed E-state index contributed by atoms with van der Waals surface area (Å²) in [4.78, 5) is 28.0. The van der Waals surface area contributed by atoms with Gasteiger partial charge in [0.1, 0.15) is 5.69 Å². The fourth-order valence-electron chi connectivity index (χ4n) is 2.18. The van der Waals surface area contributed by atoms with E-state index in [0.29, 0.717) is 11.4 Å². The van der Waals surface area contributed by atoms with Crippen LogP contribution in [0, 0.1) is 0 Å². The third-order valence-electron chi connectivity index (χ3n) is 3.51. The van der Waals surface area contributed by atoms with E-state index in [4.69, 9.17) is 4.42 Å². The van der Waals surface area contributed by atoms with Crippen LogP contribution in [0.3, 0.4) is 0 Å². The van der Waals surface area contributed by atoms with Crippen molar-refractivity contribution < 1.29 is 14.0 Å². The predicted molar refractivity (Wildman–Crippen MR) is 97.0 cm³/mol. The first kappa shape index (κ1) is 17.1. The lowest BCUT2D eigenvalue weighted by molar-refractivity contribution is 0.0948. The average Bonchev–Trinajstić information content (AvgIpc) is 3.22. The molecule has 3 aromatic rings. The smallest absolute Gasteiger partial charge is 0.291 e. The summed E-state index contributed by atoms with van der Waals surface area (Å²) in [7, 11) is 0. The van der Waals surface area contributed by atoms with Gasteiger partial charge in [0.15, 0.2) is 5.76 Å². The van der Waals surface area contributed by atoms with Gasteiger partial charge in [-0.05, 0) is 48.9 Å². The maximum Gasteiger partial charge on any atom is 0.291 e. The number of anilines is 1. The number of hydrogen-bond acceptors (Lipinski definition) is 5. The molecule has 0 aliphatic rings. The first-order valence-corrected chi connectivity index (χ1v) is 7.84. The molecule has 7 nitrogen and oxygen atoms in total. The van der Waals surface area contributed by atoms with E-state index in [-0.39, 0.29) is 17.4 Å². The third kappa shape index (κ3) is 4.21. The Hall–Kier alpha value is -3.74. The quantitative estimate of drug-likeness (QED) is 0.547. The van der Waals surface area contributed by atoms with Crippen LogP contribution >= 0.6 is 0 Å². The van der Waals surface area contributed by atoms with Gasteiger partial charge in [-0.1, -0.05) is 18.2 Å². The van der Waals surface area contributed by atoms with Crippen molar-refractivity contribution in [3.8, 4) is 0 Å². The first-order chi connectivity index (χ1) is 12.6. The van der Waals surface area contributed by atoms with Gasteiger partial charge >= 0.3 is 0 Å². The van der Waals surface area contributed by atoms with Gasteiger partial charge in [0.05, 0.1) is 12.0 Å². The van der Waals surface area contributed by atoms with E-state index in [1.54, 1.807) is 55.5 Å². The minimum Gasteiger partial charge on any atom is -0.459 e. The number of pyridine rings is 1. The van der Waals surface area contributed by atoms with Gasteiger partial charge in [0.25, 0.3) is 11.8 Å². The highest BCUT2D eigenvalue weighted by Gasteiger charge is 2.10. The Morgan fingerprint density at radius 2 is 1.92 bits per heavy atom. The average molecular weight is 348 g/mol. The second kappa shape index (κ2) is 7.89. The van der Waals surface area contributed by atoms with Gasteiger partial charge in [0.2, 0.25) is 0 Å². The lowest BCUT2D eigenvalue weighted by Crippen LogP contribution is -2.20. The van der Waals surface area contributed by atoms with E-state index in [1.807, 2.05) is 6.07 Å². The molecule has 0 saturated carbocycles. The molecule has 130 valence electrons. The number of rotatable bonds is 5. The predicted octanol–water partition coefficient (Wildman–Crippen LogP) is 3.08. The van der Waals surface area contributed by atoms with Gasteiger partial charge in [-0.15, -0.1) is 0 Å². The number of amides is 2. The van der Waals surface area contributed by atoms with Gasteiger partial charge in [0, 0.05) is 11.9 Å². The van der Waals surface area contributed by atoms with E-state index in [9.17, 15) is 9.59 Å². The van der Waals surface area contributed by atoms with Crippen LogP contribution in [0.25, 0.3) is 0 Å². The summed E-state index contributed by atoms with van der Waals surface area (Å²) in [5.74, 6) is -0.513. The van der Waals surface area contributed by atoms with Crippen LogP contribution in [0.15, 0.2) is 76.6 Å². The van der Waals surface area contributed by atoms with Crippen LogP contribution in [-0.2, 0) is 0 Å². The number of furan rings is 1. The molecule has 2 aromatic heterocycles. The highest BCUT2D eigenvalue weighted by atomic mass is 16.3. The fraction of sp³-hybridized carbons (Fsp3) is 0.0526. The van der Waals surface area contributed by atoms with Crippen molar-refractivity contribution in [2.75, 3.05) is 5.32 Å². The van der Waals surface area contributed by atoms with Crippen molar-refractivity contribution in [1.82, 2.24) is 10.4 Å². The molecule has 0 fully saturated rings. The van der Waals surface area contributed by atoms with Crippen LogP contribution in [0.5, 0.6) is 0 Å². The maximum absolute atomic E-state index is 12.0. The van der Waals surface area contributed by atoms with Crippen molar-refractivity contribution in [3.05, 3.63) is 84.1 Å². The molecule has 0 bridgehead atoms. The number of nitrogens with one attached hydrogen (secondary N) is 2. The van der Waals surface area contributed by atoms with Crippen molar-refractivity contribution in [2.24, 2.45) is 5.10 Å². The summed E-state index contributed by atoms with van der Waals surface area (Å²) in [5, 5.41) is 6.83. The van der Waals surface area contributed by atoms with Gasteiger partial charge in [-0.3, -0.25) is 14.6 Å². The minimum atomic E-state index is -0.396. The molecule has 0 radical (unpaired) electrons. The molecule has 26 heavy (non-hydrogen) atoms. The van der Waals surface area contributed by atoms with Crippen molar-refractivity contribution >= 4 is 23.2 Å². The highest BCUT2D eigenvalue weighted by Crippen LogP contribution is 2.13. The Bertz CT molecular complexity index is 934. The van der Waals surface area contributed by atoms with Crippen molar-refractivity contribution in [1.29, 1.82) is 0 Å². The summed E-state index contributed by atoms with van der Waals surface area (Å²) < 4.78 is 5.06. The number of nitrogens with zero attached hydrogens (tertiary/aromatic N) is 2. The highest BCUT2D eigenvalue weighted by molar-refractivity contribution is 6.04. The zero-order valence-electron chi connectivity index (χ0n) is 14.0. The van der Waals surface area contributed by atoms with E-state index < -0.39 is 5.91 Å². The zero-order valence-corrected chi connectivity index (χ0v) is 14.0. The number of hydrogen-bond donors (Lipinski definition) is 2. The molecule has 1 aromatic carbocycles. The van der Waals surface area contributed by atoms with E-state index in [0.717, 1.165) is 5.56 Å². The molecule has 0 saturated heterocycles. The van der Waals surface area contributed by atoms with Gasteiger partial charge < -0.3 is 9.73 Å². The minimum absolute atomic E-state index is 0.225. The number of hydrazone groups is 1. The fourth-order valence-corrected chi connectivity index (χ4v) is 2.18. The van der Waals surface area contributed by atoms with E-state index >= 15 is 0 Å². The Morgan fingerprint density at radius 1 is 1.04 bits per heavy atom. The zero-order chi connectivity index (χ0) is 18.4. The van der Waals surface area contributed by atoms with Crippen LogP contribution in [0.1, 0.15) is 33.5 Å². The second-order valence-electron chi connectivity index (χ2n) is 5.37. The lowest BCUT2D eigenvalue weighted by Gasteiger charge is -2.07. The Kier molecular flexibility index (Phi) is 5.19. The second-order valence-corrected chi connectivity index (χ2v) is 5.37. The summed E-state index contributed by atoms with van der Waals surface area (Å²) in [6, 6.07) is 15.4. The van der Waals surface area contributed by atoms with Gasteiger partial charge in [-0.25, -0.2) is 5.43 Å². The molecule has 3 rings (SSSR count). The summed E-state index contributed by atoms with van der Waals surface area (Å²) in [6.07, 6.45) is 2.98. The molecular formula is C19H16N4O3. The molecule has 2 N–H and O–H groups in total. The Labute approximate surface area is 149 Å². The van der Waals surface area contributed by atoms with Crippen LogP contribution < -0.4 is 10.7 Å². The number of benzene rings is 1. The number of carbonyl (C=O) groups excluding carboxylic acids is 2. The molecule has 2 amide bonds. The Morgan fingerprint density at radius 3 is 2.65 bits per heavy atom. The maximum atomic E-state index is 12.0. The monoisotopic (exact) mass is 348 g/mol. The van der Waals surface area contributed by atoms with E-state index in [2.05, 4.69) is 20.8 Å². The molecule has 0 atom stereocenters. The molecular weight excluding hydrogens is 332 g/mol. The van der Waals surface area contributed by atoms with Crippen molar-refractivity contribution in [2.45, 2.75) is 6.92 Å². The summed E-state index contributed by atoms with van der Waals surface area (Å²) >= 11 is 0. The Balaban J connectivity index is 1.68. The topological polar surface area (TPSA) is 96.6 Å². The first-order valence-electron chi connectivity index (χ1n) is 7.84. The number of aromatic nitrogens is 1. The third-order valence-corrected chi connectivity index (χ3v) is 3.51. The molecule has 0 spiro atoms. The van der Waals surface area contributed by atoms with Crippen LogP contribution in [0.4, 0.5) is 5.69 Å². The van der Waals surface area contributed by atoms with E-state index in [1.165, 1.54) is 12.5 Å². The standard InChI is InChI=1S/C19H16N4O3/c1-13(22-23-18(24)16-8-2-3-10-20-16)14-6-4-7-15(12-14)21-19(25)17-9-5-11-26-17/h2-12H,1H3,(H,21,25)(H,23,24). The SMILES string of the molecule is CC(=NNC(=O)c1ccccn1)c1cccc(NC(=O)c2ccco2)c1. The summed E-state index contributed by atoms with van der Waals surface area (Å²) in [6.45, 7) is 1.76. The van der Waals surface area contributed by atoms with Crippen molar-refractivity contribution in [3.63, 3.8) is 0 Å². The molecule has 0 unspecified atom stereocenters. The van der Waals surface area contributed by atoms with Crippen LogP contribution in [-0.4, -0.2) is 22.5 Å². The van der Waals surface area contributed by atoms with Gasteiger partial charge in [-0.2, -0.15) is 5.10 Å².